The number of aromatic nitrogens is 4. The summed E-state index contributed by atoms with van der Waals surface area (Å²) >= 11 is 0. The molecule has 9 nitrogen and oxygen atoms in total. The van der Waals surface area contributed by atoms with Crippen molar-refractivity contribution in [1.82, 2.24) is 24.8 Å². The van der Waals surface area contributed by atoms with Crippen LogP contribution in [-0.2, 0) is 6.18 Å². The van der Waals surface area contributed by atoms with Gasteiger partial charge in [-0.25, -0.2) is 9.61 Å². The van der Waals surface area contributed by atoms with Crippen molar-refractivity contribution in [3.63, 3.8) is 0 Å². The highest BCUT2D eigenvalue weighted by molar-refractivity contribution is 5.93. The van der Waals surface area contributed by atoms with E-state index in [2.05, 4.69) is 19.9 Å². The van der Waals surface area contributed by atoms with Gasteiger partial charge in [-0.3, -0.25) is 4.79 Å². The lowest BCUT2D eigenvalue weighted by Crippen LogP contribution is -2.39. The van der Waals surface area contributed by atoms with Crippen LogP contribution in [0.3, 0.4) is 0 Å². The van der Waals surface area contributed by atoms with Gasteiger partial charge in [-0.2, -0.15) is 13.2 Å². The fourth-order valence-electron chi connectivity index (χ4n) is 4.79. The predicted molar refractivity (Wildman–Crippen MR) is 120 cm³/mol. The van der Waals surface area contributed by atoms with E-state index in [0.29, 0.717) is 60.0 Å². The normalized spacial score (nSPS) is 16.2. The predicted octanol–water partition coefficient (Wildman–Crippen LogP) is 4.62. The number of rotatable bonds is 3. The number of aryl methyl sites for hydroxylation is 1. The molecule has 2 aliphatic rings. The molecule has 186 valence electrons. The number of alkyl halides is 3. The number of ether oxygens (including phenoxy) is 2. The number of halogens is 3. The van der Waals surface area contributed by atoms with Gasteiger partial charge in [0.15, 0.2) is 17.2 Å². The highest BCUT2D eigenvalue weighted by Gasteiger charge is 2.33. The summed E-state index contributed by atoms with van der Waals surface area (Å²) in [6.45, 7) is 2.64. The Labute approximate surface area is 202 Å². The number of carbonyl (C=O) groups excluding carboxylic acids is 1. The Balaban J connectivity index is 1.37. The summed E-state index contributed by atoms with van der Waals surface area (Å²) in [4.78, 5) is 19.1. The third kappa shape index (κ3) is 3.73. The Hall–Kier alpha value is -4.09. The monoisotopic (exact) mass is 499 g/mol. The zero-order chi connectivity index (χ0) is 25.0. The molecule has 0 saturated carbocycles. The second kappa shape index (κ2) is 8.25. The van der Waals surface area contributed by atoms with E-state index in [1.54, 1.807) is 24.0 Å². The molecule has 4 heterocycles. The molecule has 12 heteroatoms. The number of nitrogens with zero attached hydrogens (tertiary/aromatic N) is 5. The first-order valence-electron chi connectivity index (χ1n) is 11.4. The minimum absolute atomic E-state index is 0.0901. The Kier molecular flexibility index (Phi) is 5.13. The highest BCUT2D eigenvalue weighted by atomic mass is 19.4. The minimum Gasteiger partial charge on any atom is -0.454 e. The van der Waals surface area contributed by atoms with Gasteiger partial charge in [-0.1, -0.05) is 5.16 Å². The number of imidazole rings is 1. The molecule has 2 aromatic heterocycles. The Morgan fingerprint density at radius 2 is 1.81 bits per heavy atom. The van der Waals surface area contributed by atoms with E-state index in [1.165, 1.54) is 6.07 Å². The van der Waals surface area contributed by atoms with Crippen LogP contribution >= 0.6 is 0 Å². The molecule has 2 aromatic carbocycles. The maximum absolute atomic E-state index is 13.4. The smallest absolute Gasteiger partial charge is 0.416 e. The van der Waals surface area contributed by atoms with Crippen LogP contribution in [0.2, 0.25) is 0 Å². The summed E-state index contributed by atoms with van der Waals surface area (Å²) in [5, 5.41) is 7.38. The highest BCUT2D eigenvalue weighted by Crippen LogP contribution is 2.40. The molecule has 1 amide bonds. The van der Waals surface area contributed by atoms with Crippen molar-refractivity contribution in [3.05, 3.63) is 53.3 Å². The largest absolute Gasteiger partial charge is 0.454 e. The number of amides is 1. The maximum Gasteiger partial charge on any atom is 0.416 e. The van der Waals surface area contributed by atoms with E-state index in [1.807, 2.05) is 10.6 Å². The van der Waals surface area contributed by atoms with Crippen molar-refractivity contribution in [1.29, 1.82) is 0 Å². The molecular formula is C24H20F3N5O4. The molecule has 4 aromatic rings. The summed E-state index contributed by atoms with van der Waals surface area (Å²) in [6.07, 6.45) is -3.31. The van der Waals surface area contributed by atoms with Gasteiger partial charge in [0, 0.05) is 24.7 Å². The Bertz CT molecular complexity index is 1470. The fourth-order valence-corrected chi connectivity index (χ4v) is 4.79. The van der Waals surface area contributed by atoms with E-state index in [-0.39, 0.29) is 30.0 Å². The van der Waals surface area contributed by atoms with E-state index >= 15 is 0 Å². The van der Waals surface area contributed by atoms with Crippen LogP contribution < -0.4 is 9.47 Å². The van der Waals surface area contributed by atoms with Crippen LogP contribution in [0.5, 0.6) is 11.5 Å². The average molecular weight is 499 g/mol. The average Bonchev–Trinajstić information content (AvgIpc) is 3.60. The van der Waals surface area contributed by atoms with Crippen LogP contribution in [0.25, 0.3) is 22.4 Å². The summed E-state index contributed by atoms with van der Waals surface area (Å²) in [7, 11) is 0. The first-order valence-corrected chi connectivity index (χ1v) is 11.4. The molecule has 0 spiro atoms. The number of hydrogen-bond acceptors (Lipinski definition) is 7. The zero-order valence-electron chi connectivity index (χ0n) is 19.1. The topological polar surface area (TPSA) is 95.5 Å². The number of fused-ring (bicyclic) bond motifs is 2. The Morgan fingerprint density at radius 3 is 2.53 bits per heavy atom. The first-order chi connectivity index (χ1) is 17.3. The van der Waals surface area contributed by atoms with Crippen LogP contribution in [0, 0.1) is 6.92 Å². The van der Waals surface area contributed by atoms with E-state index < -0.39 is 11.7 Å². The molecule has 0 bridgehead atoms. The van der Waals surface area contributed by atoms with Crippen LogP contribution in [0.1, 0.15) is 40.6 Å². The SMILES string of the molecule is Cc1nonc1C(=O)N1CCC(n2c(-c3ccc4c(c3)OCO4)nc3cc(C(F)(F)F)ccc32)CC1. The molecule has 36 heavy (non-hydrogen) atoms. The molecule has 1 fully saturated rings. The standard InChI is InChI=1S/C24H20F3N5O4/c1-13-21(30-36-29-13)23(33)31-8-6-16(7-9-31)32-18-4-3-15(24(25,26)27)11-17(18)28-22(32)14-2-5-19-20(10-14)35-12-34-19/h2-5,10-11,16H,6-9,12H2,1H3. The molecule has 0 radical (unpaired) electrons. The fraction of sp³-hybridized carbons (Fsp3) is 0.333. The van der Waals surface area contributed by atoms with Gasteiger partial charge >= 0.3 is 6.18 Å². The molecule has 2 aliphatic heterocycles. The number of carbonyl (C=O) groups is 1. The van der Waals surface area contributed by atoms with Crippen molar-refractivity contribution in [3.8, 4) is 22.9 Å². The lowest BCUT2D eigenvalue weighted by atomic mass is 10.0. The maximum atomic E-state index is 13.4. The van der Waals surface area contributed by atoms with E-state index in [9.17, 15) is 18.0 Å². The van der Waals surface area contributed by atoms with Gasteiger partial charge in [0.05, 0.1) is 16.6 Å². The van der Waals surface area contributed by atoms with Crippen molar-refractivity contribution in [2.45, 2.75) is 32.0 Å². The van der Waals surface area contributed by atoms with Gasteiger partial charge in [0.2, 0.25) is 6.79 Å². The third-order valence-electron chi connectivity index (χ3n) is 6.62. The number of hydrogen-bond donors (Lipinski definition) is 0. The summed E-state index contributed by atoms with van der Waals surface area (Å²) in [5.74, 6) is 1.43. The molecule has 1 saturated heterocycles. The zero-order valence-corrected chi connectivity index (χ0v) is 19.1. The molecule has 0 aliphatic carbocycles. The van der Waals surface area contributed by atoms with Gasteiger partial charge in [-0.05, 0) is 61.3 Å². The van der Waals surface area contributed by atoms with Crippen LogP contribution in [-0.4, -0.2) is 50.6 Å². The molecule has 0 unspecified atom stereocenters. The molecule has 6 rings (SSSR count). The minimum atomic E-state index is -4.48. The van der Waals surface area contributed by atoms with Gasteiger partial charge in [0.1, 0.15) is 11.5 Å². The quantitative estimate of drug-likeness (QED) is 0.406. The van der Waals surface area contributed by atoms with E-state index in [4.69, 9.17) is 9.47 Å². The number of benzene rings is 2. The van der Waals surface area contributed by atoms with Gasteiger partial charge < -0.3 is 18.9 Å². The molecule has 0 N–H and O–H groups in total. The number of likely N-dealkylation sites (tertiary alicyclic amines) is 1. The van der Waals surface area contributed by atoms with E-state index in [0.717, 1.165) is 12.1 Å². The van der Waals surface area contributed by atoms with Crippen LogP contribution in [0.4, 0.5) is 13.2 Å². The number of piperidine rings is 1. The van der Waals surface area contributed by atoms with Crippen LogP contribution in [0.15, 0.2) is 41.0 Å². The second-order valence-electron chi connectivity index (χ2n) is 8.80. The van der Waals surface area contributed by atoms with Crippen molar-refractivity contribution in [2.75, 3.05) is 19.9 Å². The van der Waals surface area contributed by atoms with Crippen molar-refractivity contribution < 1.29 is 32.1 Å². The third-order valence-corrected chi connectivity index (χ3v) is 6.62. The van der Waals surface area contributed by atoms with Gasteiger partial charge in [0.25, 0.3) is 5.91 Å². The van der Waals surface area contributed by atoms with Crippen molar-refractivity contribution >= 4 is 16.9 Å². The summed E-state index contributed by atoms with van der Waals surface area (Å²) in [6, 6.07) is 8.87. The first kappa shape index (κ1) is 22.4. The summed E-state index contributed by atoms with van der Waals surface area (Å²) < 4.78 is 57.7. The van der Waals surface area contributed by atoms with Gasteiger partial charge in [-0.15, -0.1) is 0 Å². The second-order valence-corrected chi connectivity index (χ2v) is 8.80. The Morgan fingerprint density at radius 1 is 1.03 bits per heavy atom. The van der Waals surface area contributed by atoms with Crippen molar-refractivity contribution in [2.24, 2.45) is 0 Å². The lowest BCUT2D eigenvalue weighted by Gasteiger charge is -2.33. The summed E-state index contributed by atoms with van der Waals surface area (Å²) in [5.41, 5.74) is 1.40. The molecule has 0 atom stereocenters. The molecular weight excluding hydrogens is 479 g/mol. The lowest BCUT2D eigenvalue weighted by molar-refractivity contribution is -0.137.